The fraction of sp³-hybridized carbons (Fsp3) is 0.231. The summed E-state index contributed by atoms with van der Waals surface area (Å²) in [6, 6.07) is 9.90. The van der Waals surface area contributed by atoms with Crippen LogP contribution in [0, 0.1) is 0 Å². The Balaban J connectivity index is 2.34. The second-order valence-corrected chi connectivity index (χ2v) is 4.12. The molecule has 4 heteroatoms. The Bertz CT molecular complexity index is 520. The van der Waals surface area contributed by atoms with Crippen molar-refractivity contribution in [3.05, 3.63) is 52.3 Å². The molecule has 0 aliphatic rings. The van der Waals surface area contributed by atoms with Crippen LogP contribution in [0.2, 0.25) is 5.15 Å². The number of carbonyl (C=O) groups excluding carboxylic acids is 1. The summed E-state index contributed by atoms with van der Waals surface area (Å²) in [6.45, 7) is 2.54. The van der Waals surface area contributed by atoms with Gasteiger partial charge < -0.3 is 0 Å². The lowest BCUT2D eigenvalue weighted by Gasteiger charge is -2.02. The van der Waals surface area contributed by atoms with E-state index in [9.17, 15) is 4.79 Å². The summed E-state index contributed by atoms with van der Waals surface area (Å²) in [6.07, 6.45) is 1.48. The Morgan fingerprint density at radius 1 is 1.35 bits per heavy atom. The summed E-state index contributed by atoms with van der Waals surface area (Å²) in [5, 5.41) is 4.77. The van der Waals surface area contributed by atoms with Crippen molar-refractivity contribution >= 4 is 17.9 Å². The molecule has 0 N–H and O–H groups in total. The third-order valence-electron chi connectivity index (χ3n) is 2.63. The number of aromatic nitrogens is 2. The van der Waals surface area contributed by atoms with E-state index < -0.39 is 0 Å². The lowest BCUT2D eigenvalue weighted by molar-refractivity contribution is 0.112. The maximum atomic E-state index is 10.9. The second kappa shape index (κ2) is 5.15. The van der Waals surface area contributed by atoms with Gasteiger partial charge in [-0.1, -0.05) is 48.9 Å². The molecular weight excluding hydrogens is 236 g/mol. The summed E-state index contributed by atoms with van der Waals surface area (Å²) >= 11 is 6.13. The van der Waals surface area contributed by atoms with Gasteiger partial charge in [0, 0.05) is 0 Å². The largest absolute Gasteiger partial charge is 0.298 e. The third-order valence-corrected chi connectivity index (χ3v) is 3.03. The first-order chi connectivity index (χ1) is 8.26. The van der Waals surface area contributed by atoms with Crippen molar-refractivity contribution in [2.75, 3.05) is 0 Å². The fourth-order valence-corrected chi connectivity index (χ4v) is 1.99. The number of aryl methyl sites for hydroxylation is 1. The average molecular weight is 249 g/mol. The molecule has 0 atom stereocenters. The first kappa shape index (κ1) is 11.9. The Labute approximate surface area is 105 Å². The predicted molar refractivity (Wildman–Crippen MR) is 67.5 cm³/mol. The maximum Gasteiger partial charge on any atom is 0.155 e. The first-order valence-corrected chi connectivity index (χ1v) is 5.88. The van der Waals surface area contributed by atoms with Crippen LogP contribution in [0.3, 0.4) is 0 Å². The van der Waals surface area contributed by atoms with Gasteiger partial charge in [-0.2, -0.15) is 5.10 Å². The molecule has 2 rings (SSSR count). The summed E-state index contributed by atoms with van der Waals surface area (Å²) < 4.78 is 1.67. The van der Waals surface area contributed by atoms with Crippen LogP contribution in [0.4, 0.5) is 0 Å². The van der Waals surface area contributed by atoms with Gasteiger partial charge in [0.05, 0.1) is 17.8 Å². The number of benzene rings is 1. The van der Waals surface area contributed by atoms with E-state index in [1.54, 1.807) is 4.68 Å². The van der Waals surface area contributed by atoms with Gasteiger partial charge in [0.15, 0.2) is 6.29 Å². The number of hydrogen-bond donors (Lipinski definition) is 0. The van der Waals surface area contributed by atoms with Gasteiger partial charge in [0.25, 0.3) is 0 Å². The molecule has 0 amide bonds. The van der Waals surface area contributed by atoms with Crippen LogP contribution in [0.25, 0.3) is 0 Å². The highest BCUT2D eigenvalue weighted by Crippen LogP contribution is 2.19. The highest BCUT2D eigenvalue weighted by Gasteiger charge is 2.14. The predicted octanol–water partition coefficient (Wildman–Crippen LogP) is 2.96. The number of halogens is 1. The van der Waals surface area contributed by atoms with Gasteiger partial charge in [-0.3, -0.25) is 4.79 Å². The molecule has 0 bridgehead atoms. The van der Waals surface area contributed by atoms with Gasteiger partial charge in [-0.05, 0) is 12.0 Å². The van der Waals surface area contributed by atoms with Crippen molar-refractivity contribution in [3.8, 4) is 0 Å². The van der Waals surface area contributed by atoms with E-state index in [0.29, 0.717) is 23.7 Å². The van der Waals surface area contributed by atoms with Crippen LogP contribution in [0.5, 0.6) is 0 Å². The monoisotopic (exact) mass is 248 g/mol. The quantitative estimate of drug-likeness (QED) is 0.780. The van der Waals surface area contributed by atoms with Crippen LogP contribution >= 0.6 is 11.6 Å². The van der Waals surface area contributed by atoms with Crippen LogP contribution in [-0.2, 0) is 13.0 Å². The van der Waals surface area contributed by atoms with E-state index in [4.69, 9.17) is 11.6 Å². The third kappa shape index (κ3) is 2.39. The Hall–Kier alpha value is -1.61. The molecule has 88 valence electrons. The minimum absolute atomic E-state index is 0.417. The zero-order chi connectivity index (χ0) is 12.3. The highest BCUT2D eigenvalue weighted by atomic mass is 35.5. The molecule has 2 aromatic rings. The number of rotatable bonds is 4. The van der Waals surface area contributed by atoms with Gasteiger partial charge >= 0.3 is 0 Å². The van der Waals surface area contributed by atoms with E-state index >= 15 is 0 Å². The number of carbonyl (C=O) groups is 1. The lowest BCUT2D eigenvalue weighted by Crippen LogP contribution is -2.02. The van der Waals surface area contributed by atoms with E-state index in [1.807, 2.05) is 37.3 Å². The lowest BCUT2D eigenvalue weighted by atomic mass is 10.2. The molecule has 0 radical (unpaired) electrons. The standard InChI is InChI=1S/C13H13ClN2O/c1-2-12-11(9-17)13(14)16(15-12)8-10-6-4-3-5-7-10/h3-7,9H,2,8H2,1H3. The van der Waals surface area contributed by atoms with Crippen LogP contribution in [0.1, 0.15) is 28.5 Å². The molecule has 0 saturated heterocycles. The van der Waals surface area contributed by atoms with E-state index in [-0.39, 0.29) is 0 Å². The molecule has 0 aliphatic carbocycles. The first-order valence-electron chi connectivity index (χ1n) is 5.50. The van der Waals surface area contributed by atoms with Gasteiger partial charge in [-0.25, -0.2) is 4.68 Å². The van der Waals surface area contributed by atoms with E-state index in [0.717, 1.165) is 17.5 Å². The molecular formula is C13H13ClN2O. The SMILES string of the molecule is CCc1nn(Cc2ccccc2)c(Cl)c1C=O. The number of hydrogen-bond acceptors (Lipinski definition) is 2. The molecule has 1 aromatic carbocycles. The summed E-state index contributed by atoms with van der Waals surface area (Å²) in [7, 11) is 0. The minimum Gasteiger partial charge on any atom is -0.298 e. The minimum atomic E-state index is 0.417. The van der Waals surface area contributed by atoms with Crippen molar-refractivity contribution in [3.63, 3.8) is 0 Å². The van der Waals surface area contributed by atoms with Crippen LogP contribution in [-0.4, -0.2) is 16.1 Å². The molecule has 1 heterocycles. The van der Waals surface area contributed by atoms with Crippen LogP contribution in [0.15, 0.2) is 30.3 Å². The maximum absolute atomic E-state index is 10.9. The summed E-state index contributed by atoms with van der Waals surface area (Å²) in [4.78, 5) is 10.9. The average Bonchev–Trinajstić information content (AvgIpc) is 2.67. The molecule has 0 aliphatic heterocycles. The molecule has 3 nitrogen and oxygen atoms in total. The smallest absolute Gasteiger partial charge is 0.155 e. The fourth-order valence-electron chi connectivity index (χ4n) is 1.74. The highest BCUT2D eigenvalue weighted by molar-refractivity contribution is 6.32. The topological polar surface area (TPSA) is 34.9 Å². The van der Waals surface area contributed by atoms with Crippen LogP contribution < -0.4 is 0 Å². The zero-order valence-electron chi connectivity index (χ0n) is 9.56. The molecule has 1 aromatic heterocycles. The molecule has 0 saturated carbocycles. The number of aldehydes is 1. The van der Waals surface area contributed by atoms with Gasteiger partial charge in [0.1, 0.15) is 5.15 Å². The van der Waals surface area contributed by atoms with Crippen molar-refractivity contribution < 1.29 is 4.79 Å². The van der Waals surface area contributed by atoms with Crippen molar-refractivity contribution in [2.24, 2.45) is 0 Å². The number of nitrogens with zero attached hydrogens (tertiary/aromatic N) is 2. The molecule has 0 unspecified atom stereocenters. The summed E-state index contributed by atoms with van der Waals surface area (Å²) in [5.41, 5.74) is 2.36. The second-order valence-electron chi connectivity index (χ2n) is 3.77. The van der Waals surface area contributed by atoms with Gasteiger partial charge in [0.2, 0.25) is 0 Å². The normalized spacial score (nSPS) is 10.5. The van der Waals surface area contributed by atoms with Crippen molar-refractivity contribution in [1.29, 1.82) is 0 Å². The Morgan fingerprint density at radius 3 is 2.59 bits per heavy atom. The molecule has 0 spiro atoms. The van der Waals surface area contributed by atoms with E-state index in [1.165, 1.54) is 0 Å². The van der Waals surface area contributed by atoms with Crippen molar-refractivity contribution in [2.45, 2.75) is 19.9 Å². The van der Waals surface area contributed by atoms with E-state index in [2.05, 4.69) is 5.10 Å². The zero-order valence-corrected chi connectivity index (χ0v) is 10.3. The van der Waals surface area contributed by atoms with Crippen molar-refractivity contribution in [1.82, 2.24) is 9.78 Å². The Morgan fingerprint density at radius 2 is 2.06 bits per heavy atom. The Kier molecular flexibility index (Phi) is 3.59. The summed E-state index contributed by atoms with van der Waals surface area (Å²) in [5.74, 6) is 0. The molecule has 17 heavy (non-hydrogen) atoms. The molecule has 0 fully saturated rings. The van der Waals surface area contributed by atoms with Gasteiger partial charge in [-0.15, -0.1) is 0 Å².